The zero-order valence-corrected chi connectivity index (χ0v) is 15.2. The molecule has 1 aromatic rings. The van der Waals surface area contributed by atoms with E-state index in [-0.39, 0.29) is 18.3 Å². The first kappa shape index (κ1) is 17.8. The summed E-state index contributed by atoms with van der Waals surface area (Å²) in [5, 5.41) is 2.05. The molecule has 0 spiro atoms. The van der Waals surface area contributed by atoms with Gasteiger partial charge in [-0.05, 0) is 45.7 Å². The van der Waals surface area contributed by atoms with Crippen molar-refractivity contribution >= 4 is 13.8 Å². The van der Waals surface area contributed by atoms with Crippen LogP contribution in [0.2, 0.25) is 0 Å². The lowest BCUT2D eigenvalue weighted by Gasteiger charge is -2.32. The fourth-order valence-electron chi connectivity index (χ4n) is 2.36. The number of hydrazone groups is 1. The molecule has 0 amide bonds. The molecule has 1 saturated heterocycles. The molecule has 0 radical (unpaired) electrons. The predicted molar refractivity (Wildman–Crippen MR) is 95.1 cm³/mol. The molecule has 0 unspecified atom stereocenters. The SMILES string of the molecule is C=[N+](C)N(C=C(C)B1OC(C)(C)C(C)(C)O1)Cc1ccccc1. The summed E-state index contributed by atoms with van der Waals surface area (Å²) in [5.41, 5.74) is 1.59. The number of hydrogen-bond acceptors (Lipinski definition) is 3. The van der Waals surface area contributed by atoms with Crippen molar-refractivity contribution in [2.75, 3.05) is 7.05 Å². The Morgan fingerprint density at radius 2 is 1.70 bits per heavy atom. The van der Waals surface area contributed by atoms with Gasteiger partial charge in [-0.15, -0.1) is 4.68 Å². The summed E-state index contributed by atoms with van der Waals surface area (Å²) in [6.07, 6.45) is 2.04. The third kappa shape index (κ3) is 4.04. The van der Waals surface area contributed by atoms with Gasteiger partial charge in [0.2, 0.25) is 0 Å². The van der Waals surface area contributed by atoms with Gasteiger partial charge in [0.05, 0.1) is 17.4 Å². The maximum atomic E-state index is 6.10. The molecule has 0 bridgehead atoms. The average molecular weight is 315 g/mol. The molecule has 2 rings (SSSR count). The van der Waals surface area contributed by atoms with Crippen LogP contribution in [0.1, 0.15) is 40.2 Å². The highest BCUT2D eigenvalue weighted by atomic mass is 16.7. The van der Waals surface area contributed by atoms with Gasteiger partial charge in [-0.2, -0.15) is 5.01 Å². The molecule has 0 atom stereocenters. The first-order valence-corrected chi connectivity index (χ1v) is 8.01. The van der Waals surface area contributed by atoms with Crippen LogP contribution in [-0.2, 0) is 15.9 Å². The van der Waals surface area contributed by atoms with E-state index < -0.39 is 0 Å². The fraction of sp³-hybridized carbons (Fsp3) is 0.500. The van der Waals surface area contributed by atoms with Crippen LogP contribution < -0.4 is 0 Å². The Kier molecular flexibility index (Phi) is 5.02. The van der Waals surface area contributed by atoms with Crippen LogP contribution in [0.25, 0.3) is 0 Å². The molecule has 0 saturated carbocycles. The normalized spacial score (nSPS) is 19.7. The van der Waals surface area contributed by atoms with Gasteiger partial charge in [0.25, 0.3) is 0 Å². The van der Waals surface area contributed by atoms with Crippen molar-refractivity contribution in [2.45, 2.75) is 52.4 Å². The highest BCUT2D eigenvalue weighted by Gasteiger charge is 2.51. The van der Waals surface area contributed by atoms with E-state index in [0.717, 1.165) is 12.0 Å². The lowest BCUT2D eigenvalue weighted by Crippen LogP contribution is -2.41. The van der Waals surface area contributed by atoms with Gasteiger partial charge in [0, 0.05) is 0 Å². The van der Waals surface area contributed by atoms with Gasteiger partial charge in [-0.1, -0.05) is 30.3 Å². The van der Waals surface area contributed by atoms with Crippen LogP contribution in [0.5, 0.6) is 0 Å². The van der Waals surface area contributed by atoms with E-state index in [1.165, 1.54) is 5.56 Å². The molecule has 124 valence electrons. The van der Waals surface area contributed by atoms with Crippen LogP contribution in [0.15, 0.2) is 42.0 Å². The maximum absolute atomic E-state index is 6.10. The van der Waals surface area contributed by atoms with E-state index in [2.05, 4.69) is 51.6 Å². The van der Waals surface area contributed by atoms with Crippen LogP contribution in [0, 0.1) is 0 Å². The summed E-state index contributed by atoms with van der Waals surface area (Å²) < 4.78 is 14.0. The lowest BCUT2D eigenvalue weighted by molar-refractivity contribution is -0.649. The number of allylic oxidation sites excluding steroid dienone is 1. The van der Waals surface area contributed by atoms with Crippen LogP contribution in [-0.4, -0.2) is 41.8 Å². The Morgan fingerprint density at radius 1 is 1.17 bits per heavy atom. The van der Waals surface area contributed by atoms with Gasteiger partial charge in [-0.3, -0.25) is 0 Å². The van der Waals surface area contributed by atoms with Crippen molar-refractivity contribution < 1.29 is 14.0 Å². The molecule has 23 heavy (non-hydrogen) atoms. The number of hydrogen-bond donors (Lipinski definition) is 0. The Morgan fingerprint density at radius 3 is 2.17 bits per heavy atom. The van der Waals surface area contributed by atoms with Crippen molar-refractivity contribution in [1.29, 1.82) is 0 Å². The molecule has 0 aromatic heterocycles. The summed E-state index contributed by atoms with van der Waals surface area (Å²) in [6.45, 7) is 15.0. The third-order valence-electron chi connectivity index (χ3n) is 4.60. The lowest BCUT2D eigenvalue weighted by atomic mass is 9.80. The molecule has 1 fully saturated rings. The second-order valence-corrected chi connectivity index (χ2v) is 7.20. The van der Waals surface area contributed by atoms with Gasteiger partial charge in [0.1, 0.15) is 6.54 Å². The van der Waals surface area contributed by atoms with Gasteiger partial charge in [-0.25, -0.2) is 0 Å². The number of nitrogens with zero attached hydrogens (tertiary/aromatic N) is 2. The third-order valence-corrected chi connectivity index (χ3v) is 4.60. The zero-order chi connectivity index (χ0) is 17.3. The number of hydrazine groups is 1. The first-order valence-electron chi connectivity index (χ1n) is 8.01. The van der Waals surface area contributed by atoms with Crippen molar-refractivity contribution in [3.8, 4) is 0 Å². The zero-order valence-electron chi connectivity index (χ0n) is 15.2. The number of rotatable bonds is 5. The summed E-state index contributed by atoms with van der Waals surface area (Å²) in [4.78, 5) is 0. The minimum Gasteiger partial charge on any atom is -0.400 e. The monoisotopic (exact) mass is 315 g/mol. The molecular formula is C18H28BN2O2+. The van der Waals surface area contributed by atoms with Gasteiger partial charge >= 0.3 is 7.12 Å². The summed E-state index contributed by atoms with van der Waals surface area (Å²) in [7, 11) is 1.59. The van der Waals surface area contributed by atoms with Crippen molar-refractivity contribution in [3.05, 3.63) is 47.6 Å². The van der Waals surface area contributed by atoms with E-state index in [9.17, 15) is 0 Å². The molecular weight excluding hydrogens is 287 g/mol. The molecule has 4 nitrogen and oxygen atoms in total. The summed E-state index contributed by atoms with van der Waals surface area (Å²) in [6, 6.07) is 10.3. The molecule has 1 aliphatic heterocycles. The Balaban J connectivity index is 2.15. The van der Waals surface area contributed by atoms with Gasteiger partial charge in [0.15, 0.2) is 13.8 Å². The van der Waals surface area contributed by atoms with E-state index in [4.69, 9.17) is 9.31 Å². The van der Waals surface area contributed by atoms with Crippen LogP contribution in [0.4, 0.5) is 0 Å². The molecule has 0 N–H and O–H groups in total. The Bertz CT molecular complexity index is 580. The topological polar surface area (TPSA) is 24.7 Å². The second-order valence-electron chi connectivity index (χ2n) is 7.20. The standard InChI is InChI=1S/C18H28BN2O2/c1-15(19-22-17(2,3)18(4,5)23-19)13-21(20(6)7)14-16-11-9-8-10-12-16/h8-13H,6,14H2,1-5,7H3/q+1. The van der Waals surface area contributed by atoms with Crippen molar-refractivity contribution in [3.63, 3.8) is 0 Å². The smallest absolute Gasteiger partial charge is 0.400 e. The Labute approximate surface area is 140 Å². The van der Waals surface area contributed by atoms with Crippen molar-refractivity contribution in [1.82, 2.24) is 5.01 Å². The van der Waals surface area contributed by atoms with E-state index >= 15 is 0 Å². The largest absolute Gasteiger partial charge is 0.491 e. The Hall–Kier alpha value is -1.59. The quantitative estimate of drug-likeness (QED) is 0.361. The summed E-state index contributed by atoms with van der Waals surface area (Å²) in [5.74, 6) is 0. The molecule has 1 aromatic carbocycles. The first-order chi connectivity index (χ1) is 10.6. The van der Waals surface area contributed by atoms with E-state index in [1.54, 1.807) is 0 Å². The number of benzene rings is 1. The highest BCUT2D eigenvalue weighted by molar-refractivity contribution is 6.54. The molecule has 0 aliphatic carbocycles. The highest BCUT2D eigenvalue weighted by Crippen LogP contribution is 2.38. The average Bonchev–Trinajstić information content (AvgIpc) is 2.68. The minimum atomic E-state index is -0.335. The van der Waals surface area contributed by atoms with E-state index in [1.807, 2.05) is 43.1 Å². The molecule has 5 heteroatoms. The maximum Gasteiger partial charge on any atom is 0.491 e. The van der Waals surface area contributed by atoms with Crippen molar-refractivity contribution in [2.24, 2.45) is 0 Å². The van der Waals surface area contributed by atoms with Crippen LogP contribution >= 0.6 is 0 Å². The van der Waals surface area contributed by atoms with E-state index in [0.29, 0.717) is 0 Å². The fourth-order valence-corrected chi connectivity index (χ4v) is 2.36. The summed E-state index contributed by atoms with van der Waals surface area (Å²) >= 11 is 0. The van der Waals surface area contributed by atoms with Gasteiger partial charge < -0.3 is 9.31 Å². The predicted octanol–water partition coefficient (Wildman–Crippen LogP) is 3.28. The second kappa shape index (κ2) is 6.50. The minimum absolute atomic E-state index is 0.326. The molecule has 1 aliphatic rings. The molecule has 1 heterocycles. The van der Waals surface area contributed by atoms with Crippen LogP contribution in [0.3, 0.4) is 0 Å².